The Morgan fingerprint density at radius 2 is 2.22 bits per heavy atom. The van der Waals surface area contributed by atoms with Gasteiger partial charge in [-0.2, -0.15) is 0 Å². The van der Waals surface area contributed by atoms with Crippen LogP contribution >= 0.6 is 22.7 Å². The molecular weight excluding hydrogens is 268 g/mol. The number of nitrogens with zero attached hydrogens (tertiary/aromatic N) is 3. The molecule has 7 heteroatoms. The second-order valence-corrected chi connectivity index (χ2v) is 5.44. The Bertz CT molecular complexity index is 664. The molecule has 2 N–H and O–H groups in total. The summed E-state index contributed by atoms with van der Waals surface area (Å²) in [5.41, 5.74) is 0.708. The Morgan fingerprint density at radius 3 is 3.06 bits per heavy atom. The van der Waals surface area contributed by atoms with Gasteiger partial charge in [0.15, 0.2) is 0 Å². The van der Waals surface area contributed by atoms with Crippen LogP contribution in [0.2, 0.25) is 0 Å². The van der Waals surface area contributed by atoms with Gasteiger partial charge in [-0.3, -0.25) is 0 Å². The van der Waals surface area contributed by atoms with E-state index in [1.165, 1.54) is 11.3 Å². The van der Waals surface area contributed by atoms with Crippen molar-refractivity contribution in [3.05, 3.63) is 33.9 Å². The summed E-state index contributed by atoms with van der Waals surface area (Å²) in [4.78, 5) is 13.7. The van der Waals surface area contributed by atoms with E-state index < -0.39 is 0 Å². The van der Waals surface area contributed by atoms with E-state index in [9.17, 15) is 0 Å². The van der Waals surface area contributed by atoms with Crippen LogP contribution in [0, 0.1) is 0 Å². The summed E-state index contributed by atoms with van der Waals surface area (Å²) in [6.07, 6.45) is 1.56. The van der Waals surface area contributed by atoms with Crippen LogP contribution in [0.1, 0.15) is 10.7 Å². The van der Waals surface area contributed by atoms with Crippen LogP contribution in [0.25, 0.3) is 10.2 Å². The molecule has 0 atom stereocenters. The number of anilines is 1. The topological polar surface area (TPSA) is 70.9 Å². The molecule has 0 radical (unpaired) electrons. The van der Waals surface area contributed by atoms with Crippen molar-refractivity contribution in [2.45, 2.75) is 13.2 Å². The van der Waals surface area contributed by atoms with Gasteiger partial charge in [-0.15, -0.1) is 22.7 Å². The fourth-order valence-electron chi connectivity index (χ4n) is 1.59. The third kappa shape index (κ3) is 2.20. The first-order chi connectivity index (χ1) is 8.86. The fraction of sp³-hybridized carbons (Fsp3) is 0.182. The maximum absolute atomic E-state index is 8.95. The maximum atomic E-state index is 8.95. The minimum absolute atomic E-state index is 0.0151. The Kier molecular flexibility index (Phi) is 3.18. The van der Waals surface area contributed by atoms with E-state index in [2.05, 4.69) is 20.3 Å². The van der Waals surface area contributed by atoms with Crippen LogP contribution in [-0.2, 0) is 13.2 Å². The normalized spacial score (nSPS) is 10.9. The zero-order chi connectivity index (χ0) is 12.4. The summed E-state index contributed by atoms with van der Waals surface area (Å²) in [5.74, 6) is 0.821. The first-order valence-corrected chi connectivity index (χ1v) is 7.09. The monoisotopic (exact) mass is 278 g/mol. The van der Waals surface area contributed by atoms with Gasteiger partial charge in [-0.1, -0.05) is 0 Å². The highest BCUT2D eigenvalue weighted by Gasteiger charge is 2.06. The van der Waals surface area contributed by atoms with Crippen molar-refractivity contribution in [1.82, 2.24) is 15.0 Å². The van der Waals surface area contributed by atoms with Gasteiger partial charge in [0.1, 0.15) is 22.0 Å². The van der Waals surface area contributed by atoms with Gasteiger partial charge < -0.3 is 10.4 Å². The molecule has 3 aromatic rings. The number of hydrogen-bond donors (Lipinski definition) is 2. The Morgan fingerprint density at radius 1 is 1.28 bits per heavy atom. The average molecular weight is 278 g/mol. The van der Waals surface area contributed by atoms with Crippen LogP contribution in [-0.4, -0.2) is 20.1 Å². The van der Waals surface area contributed by atoms with Gasteiger partial charge in [-0.25, -0.2) is 15.0 Å². The number of thiazole rings is 1. The van der Waals surface area contributed by atoms with Gasteiger partial charge in [0.05, 0.1) is 24.2 Å². The molecular formula is C11H10N4OS2. The van der Waals surface area contributed by atoms with E-state index in [0.29, 0.717) is 12.2 Å². The fourth-order valence-corrected chi connectivity index (χ4v) is 3.05. The van der Waals surface area contributed by atoms with E-state index in [1.54, 1.807) is 17.7 Å². The maximum Gasteiger partial charge on any atom is 0.138 e. The minimum atomic E-state index is -0.0151. The highest BCUT2D eigenvalue weighted by molar-refractivity contribution is 7.16. The van der Waals surface area contributed by atoms with Crippen molar-refractivity contribution < 1.29 is 5.11 Å². The molecule has 0 bridgehead atoms. The molecule has 5 nitrogen and oxygen atoms in total. The van der Waals surface area contributed by atoms with E-state index in [-0.39, 0.29) is 6.61 Å². The highest BCUT2D eigenvalue weighted by Crippen LogP contribution is 2.24. The largest absolute Gasteiger partial charge is 0.390 e. The molecule has 0 aromatic carbocycles. The lowest BCUT2D eigenvalue weighted by Crippen LogP contribution is -2.01. The SMILES string of the molecule is OCc1csc(CNc2ncnc3sccc23)n1. The van der Waals surface area contributed by atoms with Crippen molar-refractivity contribution in [2.75, 3.05) is 5.32 Å². The quantitative estimate of drug-likeness (QED) is 0.766. The number of hydrogen-bond acceptors (Lipinski definition) is 7. The summed E-state index contributed by atoms with van der Waals surface area (Å²) >= 11 is 3.12. The zero-order valence-corrected chi connectivity index (χ0v) is 11.0. The zero-order valence-electron chi connectivity index (χ0n) is 9.33. The molecule has 0 spiro atoms. The molecule has 0 aliphatic carbocycles. The molecule has 0 saturated heterocycles. The van der Waals surface area contributed by atoms with Crippen molar-refractivity contribution in [2.24, 2.45) is 0 Å². The van der Waals surface area contributed by atoms with E-state index in [1.807, 2.05) is 16.8 Å². The second kappa shape index (κ2) is 4.97. The third-order valence-electron chi connectivity index (χ3n) is 2.43. The number of thiophene rings is 1. The van der Waals surface area contributed by atoms with Crippen molar-refractivity contribution in [1.29, 1.82) is 0 Å². The van der Waals surface area contributed by atoms with Crippen LogP contribution in [0.3, 0.4) is 0 Å². The summed E-state index contributed by atoms with van der Waals surface area (Å²) < 4.78 is 0. The van der Waals surface area contributed by atoms with Crippen LogP contribution in [0.4, 0.5) is 5.82 Å². The smallest absolute Gasteiger partial charge is 0.138 e. The van der Waals surface area contributed by atoms with Crippen LogP contribution in [0.15, 0.2) is 23.2 Å². The predicted octanol–water partition coefficient (Wildman–Crippen LogP) is 2.25. The first kappa shape index (κ1) is 11.5. The van der Waals surface area contributed by atoms with Crippen molar-refractivity contribution >= 4 is 38.7 Å². The molecule has 0 fully saturated rings. The van der Waals surface area contributed by atoms with Crippen molar-refractivity contribution in [3.63, 3.8) is 0 Å². The number of nitrogens with one attached hydrogen (secondary N) is 1. The molecule has 0 saturated carbocycles. The molecule has 0 aliphatic rings. The third-order valence-corrected chi connectivity index (χ3v) is 4.15. The Hall–Kier alpha value is -1.57. The predicted molar refractivity (Wildman–Crippen MR) is 72.8 cm³/mol. The van der Waals surface area contributed by atoms with Crippen LogP contribution in [0.5, 0.6) is 0 Å². The van der Waals surface area contributed by atoms with Gasteiger partial charge in [0.2, 0.25) is 0 Å². The van der Waals surface area contributed by atoms with Crippen molar-refractivity contribution in [3.8, 4) is 0 Å². The average Bonchev–Trinajstić information content (AvgIpc) is 3.05. The molecule has 0 unspecified atom stereocenters. The van der Waals surface area contributed by atoms with Crippen LogP contribution < -0.4 is 5.32 Å². The summed E-state index contributed by atoms with van der Waals surface area (Å²) in [6, 6.07) is 2.00. The number of fused-ring (bicyclic) bond motifs is 1. The van der Waals surface area contributed by atoms with Gasteiger partial charge >= 0.3 is 0 Å². The lowest BCUT2D eigenvalue weighted by atomic mass is 10.4. The lowest BCUT2D eigenvalue weighted by Gasteiger charge is -2.03. The molecule has 3 rings (SSSR count). The highest BCUT2D eigenvalue weighted by atomic mass is 32.1. The number of aliphatic hydroxyl groups is 1. The van der Waals surface area contributed by atoms with Gasteiger partial charge in [0.25, 0.3) is 0 Å². The Labute approximate surface area is 111 Å². The Balaban J connectivity index is 1.78. The van der Waals surface area contributed by atoms with E-state index >= 15 is 0 Å². The number of rotatable bonds is 4. The molecule has 18 heavy (non-hydrogen) atoms. The standard InChI is InChI=1S/C11H10N4OS2/c16-4-7-5-18-9(15-7)3-12-10-8-1-2-17-11(8)14-6-13-10/h1-2,5-6,16H,3-4H2,(H,12,13,14). The molecule has 3 heterocycles. The summed E-state index contributed by atoms with van der Waals surface area (Å²) in [6.45, 7) is 0.589. The lowest BCUT2D eigenvalue weighted by molar-refractivity contribution is 0.277. The summed E-state index contributed by atoms with van der Waals surface area (Å²) in [7, 11) is 0. The van der Waals surface area contributed by atoms with E-state index in [0.717, 1.165) is 21.0 Å². The number of aliphatic hydroxyl groups excluding tert-OH is 1. The molecule has 92 valence electrons. The molecule has 0 aliphatic heterocycles. The van der Waals surface area contributed by atoms with E-state index in [4.69, 9.17) is 5.11 Å². The first-order valence-electron chi connectivity index (χ1n) is 5.33. The van der Waals surface area contributed by atoms with Gasteiger partial charge in [-0.05, 0) is 11.4 Å². The molecule has 3 aromatic heterocycles. The minimum Gasteiger partial charge on any atom is -0.390 e. The second-order valence-electron chi connectivity index (χ2n) is 3.61. The summed E-state index contributed by atoms with van der Waals surface area (Å²) in [5, 5.41) is 18.0. The molecule has 0 amide bonds. The number of aromatic nitrogens is 3. The van der Waals surface area contributed by atoms with Gasteiger partial charge in [0, 0.05) is 5.38 Å².